The van der Waals surface area contributed by atoms with Gasteiger partial charge in [-0.25, -0.2) is 9.67 Å². The number of ether oxygens (including phenoxy) is 1. The number of rotatable bonds is 7. The van der Waals surface area contributed by atoms with Gasteiger partial charge in [0.2, 0.25) is 5.16 Å². The van der Waals surface area contributed by atoms with Crippen LogP contribution in [-0.4, -0.2) is 32.3 Å². The highest BCUT2D eigenvalue weighted by Gasteiger charge is 2.10. The molecule has 0 spiro atoms. The molecule has 0 radical (unpaired) electrons. The fourth-order valence-electron chi connectivity index (χ4n) is 2.53. The fourth-order valence-corrected chi connectivity index (χ4v) is 4.23. The lowest BCUT2D eigenvalue weighted by atomic mass is 10.2. The molecule has 136 valence electrons. The first-order valence-electron chi connectivity index (χ1n) is 8.33. The van der Waals surface area contributed by atoms with Crippen molar-refractivity contribution in [3.05, 3.63) is 71.2 Å². The summed E-state index contributed by atoms with van der Waals surface area (Å²) in [7, 11) is 1.66. The normalized spacial score (nSPS) is 10.9. The molecule has 2 aromatic carbocycles. The highest BCUT2D eigenvalue weighted by Crippen LogP contribution is 2.27. The predicted molar refractivity (Wildman–Crippen MR) is 107 cm³/mol. The number of benzene rings is 2. The van der Waals surface area contributed by atoms with Crippen molar-refractivity contribution in [3.8, 4) is 16.3 Å². The Morgan fingerprint density at radius 2 is 1.89 bits per heavy atom. The Morgan fingerprint density at radius 1 is 1.07 bits per heavy atom. The molecule has 6 nitrogen and oxygen atoms in total. The van der Waals surface area contributed by atoms with E-state index >= 15 is 0 Å². The van der Waals surface area contributed by atoms with Gasteiger partial charge in [-0.2, -0.15) is 0 Å². The third-order valence-electron chi connectivity index (χ3n) is 3.91. The lowest BCUT2D eigenvalue weighted by Crippen LogP contribution is -2.04. The number of nitrogens with zero attached hydrogens (tertiary/aromatic N) is 5. The van der Waals surface area contributed by atoms with Crippen molar-refractivity contribution >= 4 is 23.1 Å². The lowest BCUT2D eigenvalue weighted by Gasteiger charge is -2.05. The first kappa shape index (κ1) is 17.7. The Morgan fingerprint density at radius 3 is 2.67 bits per heavy atom. The minimum atomic E-state index is 0.617. The van der Waals surface area contributed by atoms with Gasteiger partial charge in [0.1, 0.15) is 10.8 Å². The smallest absolute Gasteiger partial charge is 0.210 e. The van der Waals surface area contributed by atoms with E-state index in [9.17, 15) is 0 Å². The first-order chi connectivity index (χ1) is 13.3. The lowest BCUT2D eigenvalue weighted by molar-refractivity contribution is 0.414. The van der Waals surface area contributed by atoms with Crippen LogP contribution in [-0.2, 0) is 12.3 Å². The van der Waals surface area contributed by atoms with Crippen molar-refractivity contribution in [2.45, 2.75) is 17.5 Å². The quantitative estimate of drug-likeness (QED) is 0.438. The van der Waals surface area contributed by atoms with E-state index in [0.29, 0.717) is 6.54 Å². The summed E-state index contributed by atoms with van der Waals surface area (Å²) in [4.78, 5) is 4.72. The van der Waals surface area contributed by atoms with Crippen molar-refractivity contribution in [2.75, 3.05) is 7.11 Å². The molecule has 4 rings (SSSR count). The summed E-state index contributed by atoms with van der Waals surface area (Å²) in [6.07, 6.45) is 0. The van der Waals surface area contributed by atoms with E-state index in [1.807, 2.05) is 42.5 Å². The van der Waals surface area contributed by atoms with Gasteiger partial charge in [-0.05, 0) is 28.1 Å². The van der Waals surface area contributed by atoms with Crippen LogP contribution in [0.2, 0.25) is 0 Å². The summed E-state index contributed by atoms with van der Waals surface area (Å²) in [5, 5.41) is 16.0. The molecule has 0 aliphatic rings. The van der Waals surface area contributed by atoms with Gasteiger partial charge in [0.05, 0.1) is 19.3 Å². The number of thiazole rings is 1. The molecule has 8 heteroatoms. The molecule has 0 atom stereocenters. The van der Waals surface area contributed by atoms with Crippen LogP contribution in [0.25, 0.3) is 10.6 Å². The van der Waals surface area contributed by atoms with Gasteiger partial charge >= 0.3 is 0 Å². The zero-order valence-corrected chi connectivity index (χ0v) is 16.3. The third kappa shape index (κ3) is 4.35. The molecular formula is C19H17N5OS2. The molecule has 2 aromatic heterocycles. The van der Waals surface area contributed by atoms with E-state index in [4.69, 9.17) is 9.72 Å². The third-order valence-corrected chi connectivity index (χ3v) is 5.84. The van der Waals surface area contributed by atoms with Crippen LogP contribution in [0.1, 0.15) is 11.3 Å². The number of aromatic nitrogens is 5. The molecule has 0 bridgehead atoms. The Bertz CT molecular complexity index is 998. The molecule has 0 amide bonds. The van der Waals surface area contributed by atoms with Crippen molar-refractivity contribution in [2.24, 2.45) is 0 Å². The van der Waals surface area contributed by atoms with Crippen LogP contribution in [0.4, 0.5) is 0 Å². The highest BCUT2D eigenvalue weighted by molar-refractivity contribution is 7.98. The van der Waals surface area contributed by atoms with Crippen molar-refractivity contribution in [1.29, 1.82) is 0 Å². The van der Waals surface area contributed by atoms with Gasteiger partial charge in [-0.15, -0.1) is 16.4 Å². The number of thioether (sulfide) groups is 1. The SMILES string of the molecule is COc1ccc(Cn2nnnc2SCc2csc(-c3ccccc3)n2)cc1. The molecule has 0 aliphatic heterocycles. The molecule has 2 heterocycles. The topological polar surface area (TPSA) is 65.7 Å². The Hall–Kier alpha value is -2.71. The monoisotopic (exact) mass is 395 g/mol. The van der Waals surface area contributed by atoms with E-state index < -0.39 is 0 Å². The standard InChI is InChI=1S/C19H17N5OS2/c1-25-17-9-7-14(8-10-17)11-24-19(21-22-23-24)27-13-16-12-26-18(20-16)15-5-3-2-4-6-15/h2-10,12H,11,13H2,1H3. The molecule has 0 aliphatic carbocycles. The zero-order valence-electron chi connectivity index (χ0n) is 14.6. The molecule has 0 saturated carbocycles. The average molecular weight is 396 g/mol. The first-order valence-corrected chi connectivity index (χ1v) is 10.2. The Balaban J connectivity index is 1.41. The fraction of sp³-hybridized carbons (Fsp3) is 0.158. The summed E-state index contributed by atoms with van der Waals surface area (Å²) in [6, 6.07) is 18.1. The number of tetrazole rings is 1. The summed E-state index contributed by atoms with van der Waals surface area (Å²) >= 11 is 3.24. The predicted octanol–water partition coefficient (Wildman–Crippen LogP) is 4.15. The van der Waals surface area contributed by atoms with Gasteiger partial charge in [0.25, 0.3) is 0 Å². The van der Waals surface area contributed by atoms with Crippen LogP contribution < -0.4 is 4.74 Å². The molecule has 0 N–H and O–H groups in total. The number of hydrogen-bond acceptors (Lipinski definition) is 7. The van der Waals surface area contributed by atoms with Crippen LogP contribution in [0.3, 0.4) is 0 Å². The maximum absolute atomic E-state index is 5.19. The maximum Gasteiger partial charge on any atom is 0.210 e. The van der Waals surface area contributed by atoms with Crippen LogP contribution in [0, 0.1) is 0 Å². The van der Waals surface area contributed by atoms with Gasteiger partial charge in [0, 0.05) is 16.7 Å². The summed E-state index contributed by atoms with van der Waals surface area (Å²) < 4.78 is 6.99. The summed E-state index contributed by atoms with van der Waals surface area (Å²) in [5.74, 6) is 1.56. The minimum absolute atomic E-state index is 0.617. The van der Waals surface area contributed by atoms with E-state index in [0.717, 1.165) is 38.5 Å². The van der Waals surface area contributed by atoms with Crippen molar-refractivity contribution in [3.63, 3.8) is 0 Å². The average Bonchev–Trinajstić information content (AvgIpc) is 3.37. The van der Waals surface area contributed by atoms with Crippen molar-refractivity contribution < 1.29 is 4.74 Å². The zero-order chi connectivity index (χ0) is 18.5. The Labute approximate surface area is 165 Å². The highest BCUT2D eigenvalue weighted by atomic mass is 32.2. The van der Waals surface area contributed by atoms with Gasteiger partial charge in [-0.3, -0.25) is 0 Å². The van der Waals surface area contributed by atoms with E-state index in [1.54, 1.807) is 34.9 Å². The molecule has 4 aromatic rings. The van der Waals surface area contributed by atoms with Crippen molar-refractivity contribution in [1.82, 2.24) is 25.2 Å². The molecule has 27 heavy (non-hydrogen) atoms. The Kier molecular flexibility index (Phi) is 5.45. The minimum Gasteiger partial charge on any atom is -0.497 e. The summed E-state index contributed by atoms with van der Waals surface area (Å²) in [5.41, 5.74) is 3.29. The van der Waals surface area contributed by atoms with E-state index in [2.05, 4.69) is 33.0 Å². The molecule has 0 saturated heterocycles. The van der Waals surface area contributed by atoms with Crippen LogP contribution in [0.5, 0.6) is 5.75 Å². The number of methoxy groups -OCH3 is 1. The van der Waals surface area contributed by atoms with Crippen LogP contribution >= 0.6 is 23.1 Å². The molecule has 0 fully saturated rings. The van der Waals surface area contributed by atoms with Gasteiger partial charge < -0.3 is 4.74 Å². The van der Waals surface area contributed by atoms with Crippen LogP contribution in [0.15, 0.2) is 65.1 Å². The number of hydrogen-bond donors (Lipinski definition) is 0. The van der Waals surface area contributed by atoms with Gasteiger partial charge in [-0.1, -0.05) is 54.2 Å². The van der Waals surface area contributed by atoms with E-state index in [1.165, 1.54) is 0 Å². The summed E-state index contributed by atoms with van der Waals surface area (Å²) in [6.45, 7) is 0.617. The van der Waals surface area contributed by atoms with Gasteiger partial charge in [0.15, 0.2) is 0 Å². The molecular weight excluding hydrogens is 378 g/mol. The second-order valence-corrected chi connectivity index (χ2v) is 7.57. The van der Waals surface area contributed by atoms with E-state index in [-0.39, 0.29) is 0 Å². The maximum atomic E-state index is 5.19. The molecule has 0 unspecified atom stereocenters. The largest absolute Gasteiger partial charge is 0.497 e. The second-order valence-electron chi connectivity index (χ2n) is 5.77. The second kappa shape index (κ2) is 8.32.